The largest absolute Gasteiger partial charge is 0.462 e. The Balaban J connectivity index is 4.27. The van der Waals surface area contributed by atoms with Gasteiger partial charge in [0, 0.05) is 19.3 Å². The maximum Gasteiger partial charge on any atom is 0.306 e. The minimum absolute atomic E-state index is 0.0639. The molecule has 0 bridgehead atoms. The average molecular weight is 1160 g/mol. The lowest BCUT2D eigenvalue weighted by molar-refractivity contribution is -0.167. The highest BCUT2D eigenvalue weighted by molar-refractivity contribution is 5.71. The topological polar surface area (TPSA) is 78.9 Å². The summed E-state index contributed by atoms with van der Waals surface area (Å²) in [6.07, 6.45) is 86.8. The van der Waals surface area contributed by atoms with E-state index >= 15 is 0 Å². The van der Waals surface area contributed by atoms with Crippen molar-refractivity contribution in [1.82, 2.24) is 0 Å². The lowest BCUT2D eigenvalue weighted by Gasteiger charge is -2.18. The van der Waals surface area contributed by atoms with Crippen molar-refractivity contribution in [2.24, 2.45) is 0 Å². The van der Waals surface area contributed by atoms with Crippen LogP contribution in [0.25, 0.3) is 0 Å². The van der Waals surface area contributed by atoms with E-state index in [1.807, 2.05) is 0 Å². The number of unbranched alkanes of at least 4 members (excludes halogenated alkanes) is 58. The first-order valence-electron chi connectivity index (χ1n) is 37.7. The minimum Gasteiger partial charge on any atom is -0.462 e. The smallest absolute Gasteiger partial charge is 0.306 e. The Morgan fingerprint density at radius 3 is 0.610 bits per heavy atom. The first-order valence-corrected chi connectivity index (χ1v) is 37.7. The minimum atomic E-state index is -0.769. The molecule has 0 amide bonds. The van der Waals surface area contributed by atoms with Crippen molar-refractivity contribution >= 4 is 17.9 Å². The Hall–Kier alpha value is -1.85. The highest BCUT2D eigenvalue weighted by atomic mass is 16.6. The van der Waals surface area contributed by atoms with Crippen molar-refractivity contribution in [3.63, 3.8) is 0 Å². The number of esters is 3. The Morgan fingerprint density at radius 1 is 0.232 bits per heavy atom. The third-order valence-electron chi connectivity index (χ3n) is 17.5. The predicted molar refractivity (Wildman–Crippen MR) is 358 cm³/mol. The molecule has 0 heterocycles. The number of hydrogen-bond acceptors (Lipinski definition) is 6. The van der Waals surface area contributed by atoms with Gasteiger partial charge in [-0.3, -0.25) is 14.4 Å². The summed E-state index contributed by atoms with van der Waals surface area (Å²) in [5.41, 5.74) is 0. The van der Waals surface area contributed by atoms with Gasteiger partial charge in [0.1, 0.15) is 13.2 Å². The predicted octanol–water partition coefficient (Wildman–Crippen LogP) is 26.0. The van der Waals surface area contributed by atoms with Gasteiger partial charge in [-0.2, -0.15) is 0 Å². The van der Waals surface area contributed by atoms with Crippen LogP contribution in [0.4, 0.5) is 0 Å². The molecule has 1 unspecified atom stereocenters. The molecule has 0 rings (SSSR count). The van der Waals surface area contributed by atoms with E-state index in [1.54, 1.807) is 0 Å². The first kappa shape index (κ1) is 80.2. The zero-order valence-electron chi connectivity index (χ0n) is 56.1. The number of allylic oxidation sites excluding steroid dienone is 2. The molecule has 0 saturated carbocycles. The lowest BCUT2D eigenvalue weighted by Crippen LogP contribution is -2.30. The SMILES string of the molecule is CCCCCCCCC/C=C\CCCCCCCCCC(=O)OCC(COC(=O)CCCCCCCCCCCCCCCCCCCCCCCCC)OC(=O)CCCCCCCCCCCCCCCCCCCCCCCCC. The van der Waals surface area contributed by atoms with Gasteiger partial charge in [-0.15, -0.1) is 0 Å². The van der Waals surface area contributed by atoms with Crippen molar-refractivity contribution in [1.29, 1.82) is 0 Å². The molecule has 82 heavy (non-hydrogen) atoms. The van der Waals surface area contributed by atoms with Crippen molar-refractivity contribution in [2.45, 2.75) is 444 Å². The molecule has 6 heteroatoms. The van der Waals surface area contributed by atoms with E-state index < -0.39 is 6.10 Å². The second kappa shape index (κ2) is 71.6. The van der Waals surface area contributed by atoms with Gasteiger partial charge in [0.25, 0.3) is 0 Å². The molecule has 0 aliphatic heterocycles. The van der Waals surface area contributed by atoms with Crippen LogP contribution in [0, 0.1) is 0 Å². The van der Waals surface area contributed by atoms with Crippen molar-refractivity contribution in [3.8, 4) is 0 Å². The van der Waals surface area contributed by atoms with Crippen molar-refractivity contribution < 1.29 is 28.6 Å². The highest BCUT2D eigenvalue weighted by Gasteiger charge is 2.20. The standard InChI is InChI=1S/C76H146O6/c1-4-7-10-13-16-19-22-25-28-31-34-36-38-40-42-45-48-51-54-57-60-63-66-69-75(78)81-72-73(71-80-74(77)68-65-62-59-56-53-50-47-44-33-30-27-24-21-18-15-12-9-6-3)82-76(79)70-67-64-61-58-55-52-49-46-43-41-39-37-35-32-29-26-23-20-17-14-11-8-5-2/h30,33,73H,4-29,31-32,34-72H2,1-3H3/b33-30-. The van der Waals surface area contributed by atoms with Gasteiger partial charge in [0.15, 0.2) is 6.10 Å². The Morgan fingerprint density at radius 2 is 0.402 bits per heavy atom. The lowest BCUT2D eigenvalue weighted by atomic mass is 10.0. The molecule has 0 spiro atoms. The van der Waals surface area contributed by atoms with Crippen LogP contribution < -0.4 is 0 Å². The van der Waals surface area contributed by atoms with E-state index in [-0.39, 0.29) is 31.1 Å². The summed E-state index contributed by atoms with van der Waals surface area (Å²) in [5, 5.41) is 0. The summed E-state index contributed by atoms with van der Waals surface area (Å²) < 4.78 is 17.1. The van der Waals surface area contributed by atoms with Gasteiger partial charge in [-0.05, 0) is 44.9 Å². The maximum atomic E-state index is 13.0. The van der Waals surface area contributed by atoms with Gasteiger partial charge in [0.2, 0.25) is 0 Å². The molecule has 486 valence electrons. The highest BCUT2D eigenvalue weighted by Crippen LogP contribution is 2.20. The summed E-state index contributed by atoms with van der Waals surface area (Å²) in [4.78, 5) is 38.6. The first-order chi connectivity index (χ1) is 40.5. The van der Waals surface area contributed by atoms with Gasteiger partial charge in [-0.25, -0.2) is 0 Å². The molecule has 0 aromatic rings. The normalized spacial score (nSPS) is 12.0. The summed E-state index contributed by atoms with van der Waals surface area (Å²) in [7, 11) is 0. The monoisotopic (exact) mass is 1160 g/mol. The molecule has 0 N–H and O–H groups in total. The number of hydrogen-bond donors (Lipinski definition) is 0. The second-order valence-electron chi connectivity index (χ2n) is 25.9. The van der Waals surface area contributed by atoms with Crippen LogP contribution in [-0.2, 0) is 28.6 Å². The Bertz CT molecular complexity index is 1280. The van der Waals surface area contributed by atoms with Gasteiger partial charge in [0.05, 0.1) is 0 Å². The quantitative estimate of drug-likeness (QED) is 0.0261. The van der Waals surface area contributed by atoms with E-state index in [4.69, 9.17) is 14.2 Å². The Labute approximate surface area is 513 Å². The number of carbonyl (C=O) groups is 3. The number of ether oxygens (including phenoxy) is 3. The van der Waals surface area contributed by atoms with Crippen molar-refractivity contribution in [3.05, 3.63) is 12.2 Å². The molecule has 0 aromatic heterocycles. The van der Waals surface area contributed by atoms with Crippen LogP contribution in [0.1, 0.15) is 438 Å². The fourth-order valence-corrected chi connectivity index (χ4v) is 11.9. The molecule has 0 fully saturated rings. The van der Waals surface area contributed by atoms with Crippen LogP contribution in [0.2, 0.25) is 0 Å². The van der Waals surface area contributed by atoms with Gasteiger partial charge < -0.3 is 14.2 Å². The number of carbonyl (C=O) groups excluding carboxylic acids is 3. The third kappa shape index (κ3) is 68.9. The van der Waals surface area contributed by atoms with Crippen LogP contribution >= 0.6 is 0 Å². The third-order valence-corrected chi connectivity index (χ3v) is 17.5. The molecule has 0 radical (unpaired) electrons. The van der Waals surface area contributed by atoms with E-state index in [1.165, 1.54) is 340 Å². The summed E-state index contributed by atoms with van der Waals surface area (Å²) in [5.74, 6) is -0.827. The van der Waals surface area contributed by atoms with Crippen LogP contribution in [0.5, 0.6) is 0 Å². The van der Waals surface area contributed by atoms with Crippen LogP contribution in [-0.4, -0.2) is 37.2 Å². The summed E-state index contributed by atoms with van der Waals surface area (Å²) >= 11 is 0. The summed E-state index contributed by atoms with van der Waals surface area (Å²) in [6.45, 7) is 6.74. The van der Waals surface area contributed by atoms with E-state index in [0.717, 1.165) is 57.8 Å². The van der Waals surface area contributed by atoms with E-state index in [2.05, 4.69) is 32.9 Å². The molecule has 0 saturated heterocycles. The van der Waals surface area contributed by atoms with Crippen LogP contribution in [0.3, 0.4) is 0 Å². The molecule has 0 aliphatic rings. The average Bonchev–Trinajstić information content (AvgIpc) is 3.47. The summed E-state index contributed by atoms with van der Waals surface area (Å²) in [6, 6.07) is 0. The maximum absolute atomic E-state index is 13.0. The Kier molecular flexibility index (Phi) is 70.0. The molecule has 1 atom stereocenters. The van der Waals surface area contributed by atoms with Gasteiger partial charge in [-0.1, -0.05) is 386 Å². The zero-order valence-corrected chi connectivity index (χ0v) is 56.1. The fourth-order valence-electron chi connectivity index (χ4n) is 11.9. The van der Waals surface area contributed by atoms with E-state index in [0.29, 0.717) is 19.3 Å². The molecule has 0 aromatic carbocycles. The fraction of sp³-hybridized carbons (Fsp3) is 0.934. The zero-order chi connectivity index (χ0) is 59.2. The molecule has 6 nitrogen and oxygen atoms in total. The van der Waals surface area contributed by atoms with E-state index in [9.17, 15) is 14.4 Å². The molecular weight excluding hydrogens is 1010 g/mol. The molecule has 0 aliphatic carbocycles. The van der Waals surface area contributed by atoms with Gasteiger partial charge >= 0.3 is 17.9 Å². The second-order valence-corrected chi connectivity index (χ2v) is 25.9. The molecular formula is C76H146O6. The number of rotatable bonds is 71. The van der Waals surface area contributed by atoms with Crippen LogP contribution in [0.15, 0.2) is 12.2 Å². The van der Waals surface area contributed by atoms with Crippen molar-refractivity contribution in [2.75, 3.05) is 13.2 Å².